The number of carbonyl (C=O) groups excluding carboxylic acids is 11. The van der Waals surface area contributed by atoms with Gasteiger partial charge in [0.1, 0.15) is 88.9 Å². The van der Waals surface area contributed by atoms with Crippen LogP contribution in [-0.4, -0.2) is 210 Å². The van der Waals surface area contributed by atoms with Crippen LogP contribution in [0.15, 0.2) is 167 Å². The predicted octanol–water partition coefficient (Wildman–Crippen LogP) is 11.1. The molecular weight excluding hydrogens is 1700 g/mol. The molecule has 31 nitrogen and oxygen atoms in total. The molecular formula is C82H115N9O22S3Si5. The average Bonchev–Trinajstić information content (AvgIpc) is 0.740. The summed E-state index contributed by atoms with van der Waals surface area (Å²) in [5.74, 6) is -2.86. The number of aromatic hydroxyl groups is 1. The van der Waals surface area contributed by atoms with Crippen molar-refractivity contribution in [3.63, 3.8) is 0 Å². The molecule has 0 aromatic heterocycles. The highest BCUT2D eigenvalue weighted by molar-refractivity contribution is 8.00. The molecule has 0 aliphatic carbocycles. The fraction of sp³-hybridized carbons (Fsp3) is 0.439. The Morgan fingerprint density at radius 2 is 0.868 bits per heavy atom. The summed E-state index contributed by atoms with van der Waals surface area (Å²) < 4.78 is 42.0. The molecule has 3 aromatic rings. The Morgan fingerprint density at radius 1 is 0.512 bits per heavy atom. The second kappa shape index (κ2) is 43.4. The Bertz CT molecular complexity index is 4620. The molecule has 3 saturated heterocycles. The first-order valence-electron chi connectivity index (χ1n) is 39.0. The van der Waals surface area contributed by atoms with Crippen LogP contribution in [0, 0.1) is 0 Å². The average molecular weight is 1820 g/mol. The number of nitrogens with one attached hydrogen (secondary N) is 5. The molecule has 658 valence electrons. The number of hydrogen-bond donors (Lipinski definition) is 8. The van der Waals surface area contributed by atoms with E-state index in [1.165, 1.54) is 84.0 Å². The summed E-state index contributed by atoms with van der Waals surface area (Å²) in [6, 6.07) is 15.1. The van der Waals surface area contributed by atoms with Gasteiger partial charge in [-0.05, 0) is 190 Å². The van der Waals surface area contributed by atoms with Crippen LogP contribution in [0.2, 0.25) is 98.2 Å². The zero-order chi connectivity index (χ0) is 90.7. The minimum Gasteiger partial charge on any atom is -0.544 e. The van der Waals surface area contributed by atoms with E-state index in [1.807, 2.05) is 77.4 Å². The third-order valence-corrected chi connectivity index (χ3v) is 25.6. The van der Waals surface area contributed by atoms with Gasteiger partial charge in [-0.15, -0.1) is 35.3 Å². The highest BCUT2D eigenvalue weighted by Crippen LogP contribution is 2.45. The summed E-state index contributed by atoms with van der Waals surface area (Å²) in [7, 11) is -6.92. The van der Waals surface area contributed by atoms with Crippen molar-refractivity contribution < 1.29 is 104 Å². The van der Waals surface area contributed by atoms with Crippen LogP contribution in [-0.2, 0) is 80.5 Å². The van der Waals surface area contributed by atoms with E-state index in [1.54, 1.807) is 105 Å². The number of β-lactam (4-membered cyclic amide) rings is 3. The first-order valence-corrected chi connectivity index (χ1v) is 59.2. The number of carbonyl (C=O) groups is 12. The molecule has 0 radical (unpaired) electrons. The molecule has 0 saturated carbocycles. The lowest BCUT2D eigenvalue weighted by Gasteiger charge is -2.51. The number of esters is 3. The highest BCUT2D eigenvalue weighted by Gasteiger charge is 2.57. The largest absolute Gasteiger partial charge is 0.544 e. The van der Waals surface area contributed by atoms with E-state index in [2.05, 4.69) is 94.6 Å². The van der Waals surface area contributed by atoms with Crippen molar-refractivity contribution in [2.24, 2.45) is 5.73 Å². The van der Waals surface area contributed by atoms with Gasteiger partial charge < -0.3 is 78.8 Å². The SMILES string of the molecule is C/C=C\C1=C(C(=O)O)N2C(=O)[C@@H](NC(=O)[C@H](N)c3ccc(O)cc3)[C@H]2SC1.C/C=C\C1=C(C(=O)O[Si](C)(C)C)N2C(=O)C(N[Si](C)(C)C)C2SC1.C/C=C\C1=C(C(=O)O[Si](C)(C)C)N2C(=O)[C@@H](NC(=O)C(N/C(C)=C/C(=O)OC)c3ccc(O[Si](C)(C)C)cc3)[C@H]2SC1.CCOC(=O)OC(=O)C(N/C(C)=C/C(=O)OC)c1ccc(O[Si](C)(C)C)cc1. The number of carboxylic acid groups (broad SMARTS) is 1. The number of ether oxygens (including phenoxy) is 4. The van der Waals surface area contributed by atoms with E-state index in [9.17, 15) is 67.7 Å². The van der Waals surface area contributed by atoms with Crippen LogP contribution in [0.3, 0.4) is 0 Å². The van der Waals surface area contributed by atoms with E-state index in [4.69, 9.17) is 32.9 Å². The van der Waals surface area contributed by atoms with Crippen LogP contribution in [0.1, 0.15) is 76.4 Å². The molecule has 6 aliphatic rings. The van der Waals surface area contributed by atoms with Crippen molar-refractivity contribution in [2.75, 3.05) is 38.1 Å². The first kappa shape index (κ1) is 100. The maximum absolute atomic E-state index is 13.7. The van der Waals surface area contributed by atoms with E-state index in [-0.39, 0.29) is 52.9 Å². The second-order valence-corrected chi connectivity index (χ2v) is 58.9. The number of hydrogen-bond acceptors (Lipinski definition) is 28. The van der Waals surface area contributed by atoms with Crippen molar-refractivity contribution in [1.82, 2.24) is 40.9 Å². The van der Waals surface area contributed by atoms with Gasteiger partial charge in [-0.1, -0.05) is 92.5 Å². The number of fused-ring (bicyclic) bond motifs is 3. The number of rotatable bonds is 29. The number of nitrogens with two attached hydrogens (primary N) is 1. The van der Waals surface area contributed by atoms with Gasteiger partial charge in [0.2, 0.25) is 51.0 Å². The summed E-state index contributed by atoms with van der Waals surface area (Å²) in [5, 5.41) is 29.3. The molecule has 121 heavy (non-hydrogen) atoms. The molecule has 9 atom stereocenters. The summed E-state index contributed by atoms with van der Waals surface area (Å²) in [5.41, 5.74) is 11.1. The van der Waals surface area contributed by atoms with Crippen LogP contribution >= 0.6 is 35.3 Å². The zero-order valence-corrected chi connectivity index (χ0v) is 80.2. The Kier molecular flexibility index (Phi) is 35.9. The summed E-state index contributed by atoms with van der Waals surface area (Å²) in [6.07, 6.45) is 12.2. The Morgan fingerprint density at radius 3 is 1.23 bits per heavy atom. The quantitative estimate of drug-likeness (QED) is 0.00799. The van der Waals surface area contributed by atoms with Crippen molar-refractivity contribution in [3.8, 4) is 17.2 Å². The van der Waals surface area contributed by atoms with Crippen LogP contribution in [0.4, 0.5) is 4.79 Å². The molecule has 4 unspecified atom stereocenters. The van der Waals surface area contributed by atoms with Gasteiger partial charge >= 0.3 is 42.0 Å². The Balaban J connectivity index is 0.000000256. The second-order valence-electron chi connectivity index (χ2n) is 33.1. The molecule has 3 aromatic carbocycles. The third-order valence-electron chi connectivity index (χ3n) is 17.2. The van der Waals surface area contributed by atoms with Crippen molar-refractivity contribution in [1.29, 1.82) is 0 Å². The lowest BCUT2D eigenvalue weighted by molar-refractivity contribution is -0.150. The normalized spacial score (nSPS) is 19.9. The number of amides is 5. The van der Waals surface area contributed by atoms with Gasteiger partial charge in [0.25, 0.3) is 11.8 Å². The van der Waals surface area contributed by atoms with Crippen LogP contribution < -0.4 is 40.8 Å². The van der Waals surface area contributed by atoms with Gasteiger partial charge in [-0.25, -0.2) is 33.6 Å². The van der Waals surface area contributed by atoms with Crippen molar-refractivity contribution in [2.45, 2.75) is 192 Å². The number of allylic oxidation sites excluding steroid dienone is 8. The molecule has 6 heterocycles. The number of phenolic OH excluding ortho intramolecular Hbond substituents is 1. The summed E-state index contributed by atoms with van der Waals surface area (Å²) >= 11 is 4.57. The fourth-order valence-corrected chi connectivity index (χ4v) is 20.7. The van der Waals surface area contributed by atoms with Gasteiger partial charge in [-0.2, -0.15) is 0 Å². The van der Waals surface area contributed by atoms with Gasteiger partial charge in [0.05, 0.1) is 20.8 Å². The van der Waals surface area contributed by atoms with Crippen LogP contribution in [0.25, 0.3) is 0 Å². The molecule has 0 bridgehead atoms. The standard InChI is InChI=1S/C29H41N3O7SSi2.C19H27NO7Si.C18H19N3O5S.C16H28N2O3SSi2/c1-10-11-20-17-40-28-24(27(35)32(28)25(20)29(36)39-42(7,8)9)31-26(34)23(30-18(2)16-22(33)37-3)19-12-14-21(15-13-19)38-41(4,5)6;1-7-25-19(23)26-18(22)17(20-13(2)12-16(21)24-3)14-8-10-15(11-9-14)27-28(4,5)6;1-2-3-10-8-27-17-13(16(24)21(17)14(10)18(25)26)20-15(23)12(19)9-4-6-11(22)7-5-9;1-8-9-11-10-22-15-12(17-23(2,3)4)14(19)18(15)13(11)16(20)21-24(5,6)7/h10-16,23-24,28,30H,17H2,1-9H3,(H,31,34);8-12,17,20H,7H2,1-6H3;2-7,12-13,17,22H,8,19H2,1H3,(H,20,23)(H,25,26);8-9,12,15,17H,10H2,1-7H3/b11-10-,18-16+;13-12+;3-2-;9-8-/t23?,24-,28-;;12-,13-,17-;/m1.1./s1. The van der Waals surface area contributed by atoms with Gasteiger partial charge in [-0.3, -0.25) is 38.7 Å². The number of benzene rings is 3. The topological polar surface area (TPSA) is 415 Å². The Labute approximate surface area is 725 Å². The molecule has 5 amide bonds. The number of phenols is 1. The summed E-state index contributed by atoms with van der Waals surface area (Å²) in [4.78, 5) is 157. The van der Waals surface area contributed by atoms with Crippen molar-refractivity contribution in [3.05, 3.63) is 183 Å². The smallest absolute Gasteiger partial charge is 0.516 e. The highest BCUT2D eigenvalue weighted by atomic mass is 32.2. The number of methoxy groups -OCH3 is 2. The lowest BCUT2D eigenvalue weighted by Crippen LogP contribution is -2.73. The number of aliphatic carboxylic acids is 1. The lowest BCUT2D eigenvalue weighted by atomic mass is 10.0. The number of nitrogens with zero attached hydrogens (tertiary/aromatic N) is 3. The number of carboxylic acids is 1. The van der Waals surface area contributed by atoms with E-state index in [0.717, 1.165) is 11.3 Å². The molecule has 9 rings (SSSR count). The Hall–Kier alpha value is -9.73. The number of thioether (sulfide) groups is 3. The molecule has 0 spiro atoms. The molecule has 39 heteroatoms. The van der Waals surface area contributed by atoms with Crippen LogP contribution in [0.5, 0.6) is 17.2 Å². The summed E-state index contributed by atoms with van der Waals surface area (Å²) in [6.45, 7) is 41.0. The predicted molar refractivity (Wildman–Crippen MR) is 478 cm³/mol. The molecule has 6 aliphatic heterocycles. The van der Waals surface area contributed by atoms with E-state index in [0.29, 0.717) is 67.9 Å². The van der Waals surface area contributed by atoms with Gasteiger partial charge in [0.15, 0.2) is 6.04 Å². The van der Waals surface area contributed by atoms with E-state index >= 15 is 0 Å². The van der Waals surface area contributed by atoms with E-state index < -0.39 is 136 Å². The first-order chi connectivity index (χ1) is 56.4. The molecule has 3 fully saturated rings. The minimum absolute atomic E-state index is 0.0117. The minimum atomic E-state index is -2.23. The third kappa shape index (κ3) is 28.7. The van der Waals surface area contributed by atoms with Crippen molar-refractivity contribution >= 4 is 148 Å². The maximum Gasteiger partial charge on any atom is 0.516 e. The zero-order valence-electron chi connectivity index (χ0n) is 72.8. The molecule has 9 N–H and O–H groups in total. The maximum atomic E-state index is 13.7. The monoisotopic (exact) mass is 1810 g/mol. The van der Waals surface area contributed by atoms with Gasteiger partial charge in [0, 0.05) is 40.8 Å². The fourth-order valence-electron chi connectivity index (χ4n) is 12.4.